The van der Waals surface area contributed by atoms with Crippen LogP contribution in [0.3, 0.4) is 0 Å². The summed E-state index contributed by atoms with van der Waals surface area (Å²) in [6.07, 6.45) is 7.13. The lowest BCUT2D eigenvalue weighted by molar-refractivity contribution is -0.173. The van der Waals surface area contributed by atoms with Gasteiger partial charge in [0.15, 0.2) is 0 Å². The van der Waals surface area contributed by atoms with Gasteiger partial charge in [-0.1, -0.05) is 13.8 Å². The monoisotopic (exact) mass is 208 g/mol. The summed E-state index contributed by atoms with van der Waals surface area (Å²) in [5.74, 6) is 9.07. The first-order valence-corrected chi connectivity index (χ1v) is 6.44. The molecular formula is C13H24N2. The Bertz CT molecular complexity index is 268. The molecule has 4 saturated carbocycles. The molecule has 2 unspecified atom stereocenters. The minimum Gasteiger partial charge on any atom is -0.269 e. The average molecular weight is 208 g/mol. The molecular weight excluding hydrogens is 184 g/mol. The van der Waals surface area contributed by atoms with Crippen LogP contribution in [-0.4, -0.2) is 17.6 Å². The predicted octanol–water partition coefficient (Wildman–Crippen LogP) is 2.40. The molecule has 4 fully saturated rings. The smallest absolute Gasteiger partial charge is 0.0407 e. The zero-order valence-electron chi connectivity index (χ0n) is 10.3. The summed E-state index contributed by atoms with van der Waals surface area (Å²) in [7, 11) is 2.09. The van der Waals surface area contributed by atoms with Gasteiger partial charge < -0.3 is 0 Å². The van der Waals surface area contributed by atoms with Crippen LogP contribution >= 0.6 is 0 Å². The van der Waals surface area contributed by atoms with E-state index in [0.29, 0.717) is 11.0 Å². The van der Waals surface area contributed by atoms with Crippen molar-refractivity contribution in [2.24, 2.45) is 29.0 Å². The standard InChI is InChI=1S/C13H24N2/c1-12(2)11-5-9-4-10(6-11)8-13(12,7-9)15(3)14/h9-11H,4-8,14H2,1-3H3. The van der Waals surface area contributed by atoms with Crippen LogP contribution in [0, 0.1) is 23.2 Å². The Balaban J connectivity index is 2.05. The van der Waals surface area contributed by atoms with Crippen LogP contribution in [0.1, 0.15) is 46.0 Å². The van der Waals surface area contributed by atoms with E-state index < -0.39 is 0 Å². The Kier molecular flexibility index (Phi) is 1.87. The van der Waals surface area contributed by atoms with Crippen molar-refractivity contribution >= 4 is 0 Å². The first-order valence-electron chi connectivity index (χ1n) is 6.44. The van der Waals surface area contributed by atoms with Crippen LogP contribution < -0.4 is 5.84 Å². The lowest BCUT2D eigenvalue weighted by Crippen LogP contribution is -2.70. The van der Waals surface area contributed by atoms with Crippen molar-refractivity contribution in [3.05, 3.63) is 0 Å². The van der Waals surface area contributed by atoms with Crippen molar-refractivity contribution in [1.82, 2.24) is 5.01 Å². The molecule has 15 heavy (non-hydrogen) atoms. The molecule has 0 aromatic carbocycles. The summed E-state index contributed by atoms with van der Waals surface area (Å²) in [5, 5.41) is 2.07. The predicted molar refractivity (Wildman–Crippen MR) is 62.0 cm³/mol. The highest BCUT2D eigenvalue weighted by Crippen LogP contribution is 2.65. The number of hydrogen-bond acceptors (Lipinski definition) is 2. The molecule has 0 spiro atoms. The van der Waals surface area contributed by atoms with Crippen molar-refractivity contribution in [3.63, 3.8) is 0 Å². The van der Waals surface area contributed by atoms with Crippen molar-refractivity contribution in [1.29, 1.82) is 0 Å². The highest BCUT2D eigenvalue weighted by Gasteiger charge is 2.62. The normalized spacial score (nSPS) is 51.4. The number of hydrogen-bond donors (Lipinski definition) is 1. The van der Waals surface area contributed by atoms with E-state index in [1.165, 1.54) is 32.1 Å². The maximum Gasteiger partial charge on any atom is 0.0407 e. The van der Waals surface area contributed by atoms with E-state index in [-0.39, 0.29) is 0 Å². The maximum atomic E-state index is 6.20. The largest absolute Gasteiger partial charge is 0.269 e. The molecule has 0 aromatic rings. The van der Waals surface area contributed by atoms with Gasteiger partial charge in [0, 0.05) is 12.6 Å². The minimum absolute atomic E-state index is 0.307. The van der Waals surface area contributed by atoms with Crippen LogP contribution in [0.25, 0.3) is 0 Å². The van der Waals surface area contributed by atoms with Gasteiger partial charge in [0.2, 0.25) is 0 Å². The Labute approximate surface area is 93.2 Å². The van der Waals surface area contributed by atoms with E-state index in [9.17, 15) is 0 Å². The van der Waals surface area contributed by atoms with Gasteiger partial charge in [-0.15, -0.1) is 0 Å². The fraction of sp³-hybridized carbons (Fsp3) is 1.00. The highest BCUT2D eigenvalue weighted by atomic mass is 15.4. The summed E-state index contributed by atoms with van der Waals surface area (Å²) in [6.45, 7) is 4.91. The molecule has 2 heteroatoms. The summed E-state index contributed by atoms with van der Waals surface area (Å²) < 4.78 is 0. The highest BCUT2D eigenvalue weighted by molar-refractivity contribution is 5.14. The van der Waals surface area contributed by atoms with E-state index in [0.717, 1.165) is 17.8 Å². The fourth-order valence-electron chi connectivity index (χ4n) is 5.17. The molecule has 86 valence electrons. The average Bonchev–Trinajstić information content (AvgIpc) is 2.13. The van der Waals surface area contributed by atoms with Gasteiger partial charge >= 0.3 is 0 Å². The Morgan fingerprint density at radius 3 is 2.07 bits per heavy atom. The lowest BCUT2D eigenvalue weighted by atomic mass is 9.43. The third kappa shape index (κ3) is 1.07. The number of nitrogens with zero attached hydrogens (tertiary/aromatic N) is 1. The van der Waals surface area contributed by atoms with Gasteiger partial charge in [-0.25, -0.2) is 5.01 Å². The number of rotatable bonds is 1. The molecule has 0 heterocycles. The molecule has 2 N–H and O–H groups in total. The second-order valence-electron chi connectivity index (χ2n) is 6.91. The molecule has 2 atom stereocenters. The minimum atomic E-state index is 0.307. The van der Waals surface area contributed by atoms with Crippen LogP contribution in [-0.2, 0) is 0 Å². The first kappa shape index (κ1) is 10.1. The molecule has 0 amide bonds. The Morgan fingerprint density at radius 2 is 1.60 bits per heavy atom. The lowest BCUT2D eigenvalue weighted by Gasteiger charge is -2.67. The molecule has 4 rings (SSSR count). The summed E-state index contributed by atoms with van der Waals surface area (Å²) >= 11 is 0. The first-order chi connectivity index (χ1) is 6.96. The fourth-order valence-corrected chi connectivity index (χ4v) is 5.17. The van der Waals surface area contributed by atoms with Crippen LogP contribution in [0.15, 0.2) is 0 Å². The quantitative estimate of drug-likeness (QED) is 0.529. The van der Waals surface area contributed by atoms with Crippen molar-refractivity contribution in [2.45, 2.75) is 51.5 Å². The van der Waals surface area contributed by atoms with E-state index in [4.69, 9.17) is 5.84 Å². The molecule has 0 aromatic heterocycles. The molecule has 0 radical (unpaired) electrons. The van der Waals surface area contributed by atoms with E-state index in [1.807, 2.05) is 0 Å². The van der Waals surface area contributed by atoms with Crippen molar-refractivity contribution in [2.75, 3.05) is 7.05 Å². The third-order valence-electron chi connectivity index (χ3n) is 6.05. The molecule has 4 aliphatic carbocycles. The van der Waals surface area contributed by atoms with Crippen LogP contribution in [0.2, 0.25) is 0 Å². The molecule has 4 aliphatic rings. The third-order valence-corrected chi connectivity index (χ3v) is 6.05. The number of hydrazine groups is 1. The van der Waals surface area contributed by atoms with Crippen LogP contribution in [0.5, 0.6) is 0 Å². The van der Waals surface area contributed by atoms with Gasteiger partial charge in [0.25, 0.3) is 0 Å². The second kappa shape index (κ2) is 2.78. The molecule has 0 aliphatic heterocycles. The van der Waals surface area contributed by atoms with Gasteiger partial charge in [0.1, 0.15) is 0 Å². The van der Waals surface area contributed by atoms with Gasteiger partial charge in [-0.3, -0.25) is 5.84 Å². The molecule has 0 saturated heterocycles. The summed E-state index contributed by atoms with van der Waals surface area (Å²) in [6, 6.07) is 0. The van der Waals surface area contributed by atoms with Gasteiger partial charge in [-0.05, 0) is 55.3 Å². The SMILES string of the molecule is CN(N)C12CC3CC(CC(C3)C1(C)C)C2. The van der Waals surface area contributed by atoms with E-state index >= 15 is 0 Å². The zero-order chi connectivity index (χ0) is 10.8. The topological polar surface area (TPSA) is 29.3 Å². The summed E-state index contributed by atoms with van der Waals surface area (Å²) in [4.78, 5) is 0. The maximum absolute atomic E-state index is 6.20. The Morgan fingerprint density at radius 1 is 1.07 bits per heavy atom. The van der Waals surface area contributed by atoms with Gasteiger partial charge in [-0.2, -0.15) is 0 Å². The Hall–Kier alpha value is -0.0800. The zero-order valence-corrected chi connectivity index (χ0v) is 10.3. The summed E-state index contributed by atoms with van der Waals surface area (Å²) in [5.41, 5.74) is 0.728. The van der Waals surface area contributed by atoms with Crippen molar-refractivity contribution < 1.29 is 0 Å². The molecule has 4 bridgehead atoms. The number of nitrogens with two attached hydrogens (primary N) is 1. The van der Waals surface area contributed by atoms with Gasteiger partial charge in [0.05, 0.1) is 0 Å². The second-order valence-corrected chi connectivity index (χ2v) is 6.91. The van der Waals surface area contributed by atoms with Crippen LogP contribution in [0.4, 0.5) is 0 Å². The van der Waals surface area contributed by atoms with Crippen molar-refractivity contribution in [3.8, 4) is 0 Å². The van der Waals surface area contributed by atoms with E-state index in [1.54, 1.807) is 0 Å². The molecule has 2 nitrogen and oxygen atoms in total. The van der Waals surface area contributed by atoms with E-state index in [2.05, 4.69) is 25.9 Å².